The van der Waals surface area contributed by atoms with Gasteiger partial charge in [-0.3, -0.25) is 4.79 Å². The van der Waals surface area contributed by atoms with Gasteiger partial charge < -0.3 is 9.64 Å². The summed E-state index contributed by atoms with van der Waals surface area (Å²) in [4.78, 5) is 15.0. The van der Waals surface area contributed by atoms with Crippen molar-refractivity contribution in [3.05, 3.63) is 35.4 Å². The average Bonchev–Trinajstić information content (AvgIpc) is 2.65. The van der Waals surface area contributed by atoms with Gasteiger partial charge in [0.15, 0.2) is 0 Å². The molecule has 1 aromatic rings. The van der Waals surface area contributed by atoms with E-state index in [-0.39, 0.29) is 17.4 Å². The molecule has 2 atom stereocenters. The second kappa shape index (κ2) is 7.58. The van der Waals surface area contributed by atoms with E-state index >= 15 is 0 Å². The molecular formula is C21H28N2O2. The van der Waals surface area contributed by atoms with Crippen molar-refractivity contribution in [2.24, 2.45) is 5.41 Å². The van der Waals surface area contributed by atoms with Gasteiger partial charge in [0.05, 0.1) is 18.6 Å². The van der Waals surface area contributed by atoms with Gasteiger partial charge in [-0.25, -0.2) is 0 Å². The third kappa shape index (κ3) is 3.30. The molecule has 4 nitrogen and oxygen atoms in total. The zero-order valence-electron chi connectivity index (χ0n) is 15.3. The van der Waals surface area contributed by atoms with Gasteiger partial charge in [0.1, 0.15) is 0 Å². The van der Waals surface area contributed by atoms with Crippen molar-refractivity contribution in [2.45, 2.75) is 64.0 Å². The first-order chi connectivity index (χ1) is 12.1. The van der Waals surface area contributed by atoms with Crippen LogP contribution in [0.4, 0.5) is 0 Å². The zero-order valence-corrected chi connectivity index (χ0v) is 15.3. The van der Waals surface area contributed by atoms with Gasteiger partial charge in [-0.15, -0.1) is 0 Å². The molecule has 0 N–H and O–H groups in total. The van der Waals surface area contributed by atoms with E-state index in [1.165, 1.54) is 19.3 Å². The maximum Gasteiger partial charge on any atom is 0.253 e. The SMILES string of the molecule is CCO[C@H]1C[C@H](N(C)C(=O)c2cccc(CC#N)c2)C12CCCCC2. The maximum absolute atomic E-state index is 13.0. The third-order valence-electron chi connectivity index (χ3n) is 6.14. The summed E-state index contributed by atoms with van der Waals surface area (Å²) in [6.45, 7) is 2.80. The summed E-state index contributed by atoms with van der Waals surface area (Å²) in [5.41, 5.74) is 1.72. The standard InChI is InChI=1S/C21H28N2O2/c1-3-25-19-15-18(21(19)11-5-4-6-12-21)23(2)20(24)17-9-7-8-16(14-17)10-13-22/h7-9,14,18-19H,3-6,10-12,15H2,1-2H3/t18-,19-/m0/s1. The summed E-state index contributed by atoms with van der Waals surface area (Å²) in [6, 6.07) is 9.89. The number of nitrogens with zero attached hydrogens (tertiary/aromatic N) is 2. The Morgan fingerprint density at radius 3 is 2.80 bits per heavy atom. The van der Waals surface area contributed by atoms with E-state index in [1.807, 2.05) is 36.2 Å². The fraction of sp³-hybridized carbons (Fsp3) is 0.619. The smallest absolute Gasteiger partial charge is 0.253 e. The molecule has 2 saturated carbocycles. The van der Waals surface area contributed by atoms with Crippen LogP contribution in [-0.2, 0) is 11.2 Å². The summed E-state index contributed by atoms with van der Waals surface area (Å²) in [5, 5.41) is 8.88. The predicted molar refractivity (Wildman–Crippen MR) is 97.2 cm³/mol. The lowest BCUT2D eigenvalue weighted by Crippen LogP contribution is -2.65. The lowest BCUT2D eigenvalue weighted by Gasteiger charge is -2.60. The van der Waals surface area contributed by atoms with Crippen LogP contribution in [-0.4, -0.2) is 36.6 Å². The van der Waals surface area contributed by atoms with E-state index in [4.69, 9.17) is 10.00 Å². The first kappa shape index (κ1) is 17.9. The first-order valence-corrected chi connectivity index (χ1v) is 9.47. The molecule has 0 bridgehead atoms. The summed E-state index contributed by atoms with van der Waals surface area (Å²) in [5.74, 6) is 0.0599. The van der Waals surface area contributed by atoms with Gasteiger partial charge in [0.25, 0.3) is 5.91 Å². The lowest BCUT2D eigenvalue weighted by atomic mass is 9.54. The van der Waals surface area contributed by atoms with Crippen LogP contribution in [0.5, 0.6) is 0 Å². The van der Waals surface area contributed by atoms with Gasteiger partial charge in [-0.2, -0.15) is 5.26 Å². The Bertz CT molecular complexity index is 658. The molecule has 134 valence electrons. The third-order valence-corrected chi connectivity index (χ3v) is 6.14. The molecule has 0 aromatic heterocycles. The van der Waals surface area contributed by atoms with E-state index in [9.17, 15) is 4.79 Å². The molecule has 0 saturated heterocycles. The summed E-state index contributed by atoms with van der Waals surface area (Å²) < 4.78 is 6.01. The van der Waals surface area contributed by atoms with Crippen LogP contribution in [0.3, 0.4) is 0 Å². The van der Waals surface area contributed by atoms with E-state index in [0.29, 0.717) is 18.1 Å². The van der Waals surface area contributed by atoms with Crippen LogP contribution in [0.1, 0.15) is 61.4 Å². The van der Waals surface area contributed by atoms with Gasteiger partial charge in [0.2, 0.25) is 0 Å². The number of nitriles is 1. The normalized spacial score (nSPS) is 24.4. The molecule has 3 rings (SSSR count). The minimum Gasteiger partial charge on any atom is -0.378 e. The number of amides is 1. The molecule has 2 aliphatic carbocycles. The Kier molecular flexibility index (Phi) is 5.44. The number of hydrogen-bond donors (Lipinski definition) is 0. The Morgan fingerprint density at radius 1 is 1.36 bits per heavy atom. The molecule has 1 amide bonds. The fourth-order valence-electron chi connectivity index (χ4n) is 4.82. The van der Waals surface area contributed by atoms with Crippen molar-refractivity contribution in [3.8, 4) is 6.07 Å². The molecule has 0 unspecified atom stereocenters. The number of hydrogen-bond acceptors (Lipinski definition) is 3. The quantitative estimate of drug-likeness (QED) is 0.815. The highest BCUT2D eigenvalue weighted by Crippen LogP contribution is 2.55. The van der Waals surface area contributed by atoms with E-state index in [2.05, 4.69) is 13.0 Å². The summed E-state index contributed by atoms with van der Waals surface area (Å²) >= 11 is 0. The second-order valence-corrected chi connectivity index (χ2v) is 7.44. The summed E-state index contributed by atoms with van der Waals surface area (Å²) in [7, 11) is 1.93. The monoisotopic (exact) mass is 340 g/mol. The molecule has 1 spiro atoms. The highest BCUT2D eigenvalue weighted by molar-refractivity contribution is 5.94. The molecule has 0 heterocycles. The van der Waals surface area contributed by atoms with Gasteiger partial charge >= 0.3 is 0 Å². The number of ether oxygens (including phenoxy) is 1. The van der Waals surface area contributed by atoms with Crippen molar-refractivity contribution in [1.29, 1.82) is 5.26 Å². The molecular weight excluding hydrogens is 312 g/mol. The second-order valence-electron chi connectivity index (χ2n) is 7.44. The molecule has 2 aliphatic rings. The van der Waals surface area contributed by atoms with E-state index in [1.54, 1.807) is 0 Å². The maximum atomic E-state index is 13.0. The Balaban J connectivity index is 1.77. The zero-order chi connectivity index (χ0) is 17.9. The Labute approximate surface area is 150 Å². The van der Waals surface area contributed by atoms with E-state index in [0.717, 1.165) is 31.4 Å². The van der Waals surface area contributed by atoms with Crippen LogP contribution in [0.25, 0.3) is 0 Å². The highest BCUT2D eigenvalue weighted by atomic mass is 16.5. The number of rotatable bonds is 5. The molecule has 4 heteroatoms. The fourth-order valence-corrected chi connectivity index (χ4v) is 4.82. The van der Waals surface area contributed by atoms with Crippen molar-refractivity contribution < 1.29 is 9.53 Å². The summed E-state index contributed by atoms with van der Waals surface area (Å²) in [6.07, 6.45) is 7.66. The van der Waals surface area contributed by atoms with Crippen LogP contribution in [0.15, 0.2) is 24.3 Å². The minimum atomic E-state index is 0.0599. The minimum absolute atomic E-state index is 0.0599. The number of carbonyl (C=O) groups excluding carboxylic acids is 1. The lowest BCUT2D eigenvalue weighted by molar-refractivity contribution is -0.170. The largest absolute Gasteiger partial charge is 0.378 e. The average molecular weight is 340 g/mol. The van der Waals surface area contributed by atoms with Crippen molar-refractivity contribution in [2.75, 3.05) is 13.7 Å². The van der Waals surface area contributed by atoms with E-state index < -0.39 is 0 Å². The van der Waals surface area contributed by atoms with Gasteiger partial charge in [-0.05, 0) is 43.9 Å². The number of benzene rings is 1. The van der Waals surface area contributed by atoms with Gasteiger partial charge in [0, 0.05) is 30.7 Å². The van der Waals surface area contributed by atoms with Gasteiger partial charge in [-0.1, -0.05) is 31.4 Å². The number of carbonyl (C=O) groups is 1. The topological polar surface area (TPSA) is 53.3 Å². The van der Waals surface area contributed by atoms with Crippen molar-refractivity contribution >= 4 is 5.91 Å². The molecule has 1 aromatic carbocycles. The molecule has 0 aliphatic heterocycles. The molecule has 2 fully saturated rings. The first-order valence-electron chi connectivity index (χ1n) is 9.47. The van der Waals surface area contributed by atoms with Crippen molar-refractivity contribution in [1.82, 2.24) is 4.90 Å². The van der Waals surface area contributed by atoms with Crippen LogP contribution in [0.2, 0.25) is 0 Å². The Hall–Kier alpha value is -1.86. The molecule has 25 heavy (non-hydrogen) atoms. The highest BCUT2D eigenvalue weighted by Gasteiger charge is 2.57. The molecule has 0 radical (unpaired) electrons. The van der Waals surface area contributed by atoms with Crippen LogP contribution < -0.4 is 0 Å². The Morgan fingerprint density at radius 2 is 2.12 bits per heavy atom. The van der Waals surface area contributed by atoms with Crippen LogP contribution in [0, 0.1) is 16.7 Å². The predicted octanol–water partition coefficient (Wildman–Crippen LogP) is 3.95. The van der Waals surface area contributed by atoms with Crippen LogP contribution >= 0.6 is 0 Å². The van der Waals surface area contributed by atoms with Crippen molar-refractivity contribution in [3.63, 3.8) is 0 Å².